The third kappa shape index (κ3) is 6.06. The monoisotopic (exact) mass is 444 g/mol. The summed E-state index contributed by atoms with van der Waals surface area (Å²) in [5, 5.41) is 0.289. The van der Waals surface area contributed by atoms with Gasteiger partial charge in [0.1, 0.15) is 24.7 Å². The molecule has 2 aromatic carbocycles. The number of rotatable bonds is 12. The molecule has 2 rings (SSSR count). The third-order valence-electron chi connectivity index (χ3n) is 4.13. The molecule has 31 heavy (non-hydrogen) atoms. The minimum atomic E-state index is -0.301. The third-order valence-corrected chi connectivity index (χ3v) is 4.42. The van der Waals surface area contributed by atoms with Crippen molar-refractivity contribution in [2.24, 2.45) is 0 Å². The quantitative estimate of drug-likeness (QED) is 0.248. The number of hydrogen-bond acceptors (Lipinski definition) is 6. The summed E-state index contributed by atoms with van der Waals surface area (Å²) in [7, 11) is 4.57. The van der Waals surface area contributed by atoms with Crippen LogP contribution in [0, 0.1) is 0 Å². The van der Waals surface area contributed by atoms with Crippen molar-refractivity contribution < 1.29 is 28.5 Å². The predicted molar refractivity (Wildman–Crippen MR) is 122 cm³/mol. The molecule has 0 spiro atoms. The van der Waals surface area contributed by atoms with Gasteiger partial charge in [-0.05, 0) is 29.8 Å². The maximum atomic E-state index is 12.9. The van der Waals surface area contributed by atoms with Crippen molar-refractivity contribution in [2.75, 3.05) is 34.5 Å². The zero-order chi connectivity index (χ0) is 22.8. The van der Waals surface area contributed by atoms with E-state index in [1.165, 1.54) is 33.5 Å². The molecule has 6 nitrogen and oxygen atoms in total. The fourth-order valence-electron chi connectivity index (χ4n) is 2.71. The molecular formula is C24H25ClO6. The fraction of sp³-hybridized carbons (Fsp3) is 0.208. The zero-order valence-electron chi connectivity index (χ0n) is 17.8. The highest BCUT2D eigenvalue weighted by molar-refractivity contribution is 6.32. The van der Waals surface area contributed by atoms with E-state index in [0.29, 0.717) is 39.9 Å². The van der Waals surface area contributed by atoms with Crippen molar-refractivity contribution >= 4 is 23.5 Å². The first-order valence-electron chi connectivity index (χ1n) is 9.32. The van der Waals surface area contributed by atoms with Crippen LogP contribution in [0.15, 0.2) is 55.7 Å². The van der Waals surface area contributed by atoms with Gasteiger partial charge in [0.15, 0.2) is 17.3 Å². The Hall–Kier alpha value is -3.38. The Morgan fingerprint density at radius 1 is 0.871 bits per heavy atom. The average Bonchev–Trinajstić information content (AvgIpc) is 2.79. The van der Waals surface area contributed by atoms with Crippen LogP contribution in [0.1, 0.15) is 15.9 Å². The van der Waals surface area contributed by atoms with Crippen LogP contribution < -0.4 is 23.7 Å². The van der Waals surface area contributed by atoms with E-state index < -0.39 is 0 Å². The summed E-state index contributed by atoms with van der Waals surface area (Å²) in [6, 6.07) is 6.56. The molecule has 0 aliphatic rings. The van der Waals surface area contributed by atoms with Gasteiger partial charge in [0.2, 0.25) is 5.75 Å². The lowest BCUT2D eigenvalue weighted by Gasteiger charge is -2.13. The topological polar surface area (TPSA) is 63.2 Å². The molecule has 0 saturated carbocycles. The van der Waals surface area contributed by atoms with Crippen LogP contribution in [0.25, 0.3) is 6.08 Å². The first-order valence-corrected chi connectivity index (χ1v) is 9.70. The van der Waals surface area contributed by atoms with Crippen LogP contribution in [0.2, 0.25) is 5.02 Å². The van der Waals surface area contributed by atoms with E-state index in [4.69, 9.17) is 35.3 Å². The first kappa shape index (κ1) is 23.9. The smallest absolute Gasteiger partial charge is 0.203 e. The van der Waals surface area contributed by atoms with Gasteiger partial charge in [0.05, 0.1) is 31.9 Å². The van der Waals surface area contributed by atoms with Gasteiger partial charge in [-0.1, -0.05) is 43.0 Å². The summed E-state index contributed by atoms with van der Waals surface area (Å²) < 4.78 is 27.2. The number of allylic oxidation sites excluding steroid dienone is 1. The second kappa shape index (κ2) is 11.7. The molecule has 0 fully saturated rings. The molecule has 0 N–H and O–H groups in total. The van der Waals surface area contributed by atoms with Gasteiger partial charge in [-0.2, -0.15) is 0 Å². The molecule has 0 radical (unpaired) electrons. The molecule has 0 atom stereocenters. The Kier molecular flexibility index (Phi) is 9.03. The van der Waals surface area contributed by atoms with Crippen molar-refractivity contribution in [3.63, 3.8) is 0 Å². The molecule has 0 aliphatic carbocycles. The number of carbonyl (C=O) groups excluding carboxylic acids is 1. The highest BCUT2D eigenvalue weighted by Gasteiger charge is 2.16. The largest absolute Gasteiger partial charge is 0.493 e. The summed E-state index contributed by atoms with van der Waals surface area (Å²) in [6.45, 7) is 7.74. The van der Waals surface area contributed by atoms with Crippen LogP contribution >= 0.6 is 11.6 Å². The first-order chi connectivity index (χ1) is 15.0. The number of methoxy groups -OCH3 is 3. The van der Waals surface area contributed by atoms with E-state index in [1.54, 1.807) is 36.4 Å². The summed E-state index contributed by atoms with van der Waals surface area (Å²) >= 11 is 6.29. The minimum absolute atomic E-state index is 0.222. The Morgan fingerprint density at radius 2 is 1.45 bits per heavy atom. The molecule has 0 amide bonds. The lowest BCUT2D eigenvalue weighted by Crippen LogP contribution is -2.04. The number of hydrogen-bond donors (Lipinski definition) is 0. The lowest BCUT2D eigenvalue weighted by atomic mass is 10.1. The van der Waals surface area contributed by atoms with Gasteiger partial charge in [0.25, 0.3) is 0 Å². The van der Waals surface area contributed by atoms with Gasteiger partial charge in [-0.25, -0.2) is 0 Å². The maximum absolute atomic E-state index is 12.9. The fourth-order valence-corrected chi connectivity index (χ4v) is 2.93. The molecule has 0 bridgehead atoms. The van der Waals surface area contributed by atoms with E-state index in [2.05, 4.69) is 13.2 Å². The molecular weight excluding hydrogens is 420 g/mol. The standard InChI is InChI=1S/C24H25ClO6/c1-6-10-30-20-15-21(31-11-7-2)18(25)14-17(20)19(26)9-8-16-12-22(27-3)24(29-5)23(13-16)28-4/h6-9,12-15H,1-2,10-11H2,3-5H3/b9-8+. The molecule has 0 heterocycles. The SMILES string of the molecule is C=CCOc1cc(OCC=C)c(C(=O)/C=C/c2cc(OC)c(OC)c(OC)c2)cc1Cl. The molecule has 0 aliphatic heterocycles. The second-order valence-electron chi connectivity index (χ2n) is 6.13. The molecule has 0 unspecified atom stereocenters. The van der Waals surface area contributed by atoms with Gasteiger partial charge < -0.3 is 23.7 Å². The zero-order valence-corrected chi connectivity index (χ0v) is 18.5. The Bertz CT molecular complexity index is 955. The van der Waals surface area contributed by atoms with E-state index in [-0.39, 0.29) is 24.0 Å². The van der Waals surface area contributed by atoms with Crippen LogP contribution in [0.4, 0.5) is 0 Å². The van der Waals surface area contributed by atoms with Crippen LogP contribution in [-0.4, -0.2) is 40.3 Å². The number of carbonyl (C=O) groups is 1. The van der Waals surface area contributed by atoms with Crippen LogP contribution in [0.3, 0.4) is 0 Å². The summed E-state index contributed by atoms with van der Waals surface area (Å²) in [4.78, 5) is 12.9. The number of halogens is 1. The highest BCUT2D eigenvalue weighted by Crippen LogP contribution is 2.39. The van der Waals surface area contributed by atoms with Crippen molar-refractivity contribution in [3.8, 4) is 28.7 Å². The van der Waals surface area contributed by atoms with Gasteiger partial charge in [0, 0.05) is 6.07 Å². The molecule has 0 saturated heterocycles. The van der Waals surface area contributed by atoms with E-state index >= 15 is 0 Å². The van der Waals surface area contributed by atoms with Crippen molar-refractivity contribution in [2.45, 2.75) is 0 Å². The maximum Gasteiger partial charge on any atom is 0.203 e. The summed E-state index contributed by atoms with van der Waals surface area (Å²) in [6.07, 6.45) is 6.23. The molecule has 7 heteroatoms. The summed E-state index contributed by atoms with van der Waals surface area (Å²) in [5.74, 6) is 1.86. The Labute approximate surface area is 187 Å². The van der Waals surface area contributed by atoms with Crippen molar-refractivity contribution in [1.82, 2.24) is 0 Å². The van der Waals surface area contributed by atoms with Crippen LogP contribution in [-0.2, 0) is 0 Å². The van der Waals surface area contributed by atoms with E-state index in [1.807, 2.05) is 0 Å². The van der Waals surface area contributed by atoms with E-state index in [0.717, 1.165) is 0 Å². The number of ether oxygens (including phenoxy) is 5. The number of ketones is 1. The Balaban J connectivity index is 2.39. The summed E-state index contributed by atoms with van der Waals surface area (Å²) in [5.41, 5.74) is 0.981. The van der Waals surface area contributed by atoms with Gasteiger partial charge in [-0.3, -0.25) is 4.79 Å². The second-order valence-corrected chi connectivity index (χ2v) is 6.54. The van der Waals surface area contributed by atoms with Crippen molar-refractivity contribution in [1.29, 1.82) is 0 Å². The lowest BCUT2D eigenvalue weighted by molar-refractivity contribution is 0.104. The average molecular weight is 445 g/mol. The highest BCUT2D eigenvalue weighted by atomic mass is 35.5. The molecule has 164 valence electrons. The minimum Gasteiger partial charge on any atom is -0.493 e. The molecule has 0 aromatic heterocycles. The van der Waals surface area contributed by atoms with Gasteiger partial charge >= 0.3 is 0 Å². The normalized spacial score (nSPS) is 10.5. The van der Waals surface area contributed by atoms with Gasteiger partial charge in [-0.15, -0.1) is 0 Å². The number of benzene rings is 2. The van der Waals surface area contributed by atoms with E-state index in [9.17, 15) is 4.79 Å². The van der Waals surface area contributed by atoms with Crippen LogP contribution in [0.5, 0.6) is 28.7 Å². The predicted octanol–water partition coefficient (Wildman–Crippen LogP) is 5.39. The molecule has 2 aromatic rings. The van der Waals surface area contributed by atoms with Crippen molar-refractivity contribution in [3.05, 3.63) is 71.8 Å². The Morgan fingerprint density at radius 3 is 1.97 bits per heavy atom.